The Morgan fingerprint density at radius 3 is 2.46 bits per heavy atom. The zero-order valence-corrected chi connectivity index (χ0v) is 18.4. The van der Waals surface area contributed by atoms with Crippen LogP contribution in [-0.4, -0.2) is 40.1 Å². The van der Waals surface area contributed by atoms with Gasteiger partial charge in [0.15, 0.2) is 0 Å². The number of alkyl halides is 3. The topological polar surface area (TPSA) is 77.0 Å². The van der Waals surface area contributed by atoms with Crippen LogP contribution in [-0.2, 0) is 0 Å². The number of nitrogens with one attached hydrogen (secondary N) is 1. The Morgan fingerprint density at radius 1 is 1.06 bits per heavy atom. The molecule has 1 N–H and O–H groups in total. The molecule has 0 saturated heterocycles. The second-order valence-electron chi connectivity index (χ2n) is 8.12. The minimum absolute atomic E-state index is 0.00763. The number of amides is 1. The fourth-order valence-corrected chi connectivity index (χ4v) is 3.98. The van der Waals surface area contributed by atoms with Gasteiger partial charge in [0.1, 0.15) is 24.9 Å². The Bertz CT molecular complexity index is 1200. The van der Waals surface area contributed by atoms with Crippen molar-refractivity contribution in [3.63, 3.8) is 0 Å². The lowest BCUT2D eigenvalue weighted by Gasteiger charge is -2.29. The zero-order valence-electron chi connectivity index (χ0n) is 18.4. The minimum Gasteiger partial charge on any atom is -0.461 e. The number of pyridine rings is 1. The van der Waals surface area contributed by atoms with Gasteiger partial charge in [-0.05, 0) is 37.1 Å². The lowest BCUT2D eigenvalue weighted by molar-refractivity contribution is -0.0384. The summed E-state index contributed by atoms with van der Waals surface area (Å²) in [5.74, 6) is -5.31. The summed E-state index contributed by atoms with van der Waals surface area (Å²) in [6, 6.07) is 4.21. The van der Waals surface area contributed by atoms with E-state index in [9.17, 15) is 26.7 Å². The largest absolute Gasteiger partial charge is 0.461 e. The molecule has 35 heavy (non-hydrogen) atoms. The molecule has 0 atom stereocenters. The smallest absolute Gasteiger partial charge is 0.316 e. The van der Waals surface area contributed by atoms with Crippen molar-refractivity contribution in [2.24, 2.45) is 0 Å². The van der Waals surface area contributed by atoms with Gasteiger partial charge in [0.25, 0.3) is 5.91 Å². The molecule has 6 nitrogen and oxygen atoms in total. The number of benzene rings is 1. The van der Waals surface area contributed by atoms with Crippen molar-refractivity contribution < 1.29 is 31.5 Å². The standard InChI is InChI=1S/C24H21F5N4O2/c25-8-10-35-23-31-12-15(13-32-23)22(34)33-21-17(18-11-16(26)1-2-19(18)27)5-9-30-20(21)14-3-6-24(28,29)7-4-14/h1-2,5,9,11-14H,3-4,6-8,10H2,(H,33,34). The number of rotatable bonds is 7. The Kier molecular flexibility index (Phi) is 7.23. The van der Waals surface area contributed by atoms with Crippen LogP contribution in [0.15, 0.2) is 42.9 Å². The quantitative estimate of drug-likeness (QED) is 0.428. The van der Waals surface area contributed by atoms with E-state index in [1.807, 2.05) is 0 Å². The van der Waals surface area contributed by atoms with Gasteiger partial charge in [0, 0.05) is 48.5 Å². The molecule has 1 aliphatic carbocycles. The molecule has 2 heterocycles. The fraction of sp³-hybridized carbons (Fsp3) is 0.333. The number of hydrogen-bond donors (Lipinski definition) is 1. The molecule has 11 heteroatoms. The molecule has 0 aliphatic heterocycles. The molecule has 1 fully saturated rings. The molecule has 1 saturated carbocycles. The van der Waals surface area contributed by atoms with Crippen molar-refractivity contribution in [3.05, 3.63) is 65.7 Å². The molecule has 0 radical (unpaired) electrons. The van der Waals surface area contributed by atoms with Crippen molar-refractivity contribution in [2.75, 3.05) is 18.6 Å². The zero-order chi connectivity index (χ0) is 25.0. The van der Waals surface area contributed by atoms with E-state index in [2.05, 4.69) is 20.3 Å². The predicted molar refractivity (Wildman–Crippen MR) is 117 cm³/mol. The normalized spacial score (nSPS) is 15.6. The number of halogens is 5. The summed E-state index contributed by atoms with van der Waals surface area (Å²) in [5, 5.41) is 2.66. The maximum Gasteiger partial charge on any atom is 0.316 e. The Labute approximate surface area is 197 Å². The highest BCUT2D eigenvalue weighted by atomic mass is 19.3. The molecular weight excluding hydrogens is 471 g/mol. The average Bonchev–Trinajstić information content (AvgIpc) is 2.85. The van der Waals surface area contributed by atoms with Gasteiger partial charge in [-0.15, -0.1) is 0 Å². The Balaban J connectivity index is 1.71. The van der Waals surface area contributed by atoms with Crippen LogP contribution in [0.25, 0.3) is 11.1 Å². The van der Waals surface area contributed by atoms with Gasteiger partial charge in [-0.1, -0.05) is 0 Å². The number of nitrogens with zero attached hydrogens (tertiary/aromatic N) is 3. The van der Waals surface area contributed by atoms with Crippen LogP contribution >= 0.6 is 0 Å². The van der Waals surface area contributed by atoms with Gasteiger partial charge in [0.2, 0.25) is 5.92 Å². The average molecular weight is 492 g/mol. The summed E-state index contributed by atoms with van der Waals surface area (Å²) in [6.07, 6.45) is 3.23. The molecule has 3 aromatic rings. The summed E-state index contributed by atoms with van der Waals surface area (Å²) < 4.78 is 73.3. The van der Waals surface area contributed by atoms with Crippen molar-refractivity contribution in [1.29, 1.82) is 0 Å². The number of carbonyl (C=O) groups is 1. The lowest BCUT2D eigenvalue weighted by Crippen LogP contribution is -2.25. The van der Waals surface area contributed by atoms with Crippen LogP contribution in [0, 0.1) is 11.6 Å². The van der Waals surface area contributed by atoms with Crippen molar-refractivity contribution >= 4 is 11.6 Å². The molecule has 1 aromatic carbocycles. The highest BCUT2D eigenvalue weighted by Gasteiger charge is 2.37. The maximum absolute atomic E-state index is 14.7. The predicted octanol–water partition coefficient (Wildman–Crippen LogP) is 5.71. The number of aromatic nitrogens is 3. The van der Waals surface area contributed by atoms with E-state index in [0.717, 1.165) is 30.6 Å². The highest BCUT2D eigenvalue weighted by molar-refractivity contribution is 6.06. The molecule has 0 spiro atoms. The van der Waals surface area contributed by atoms with Gasteiger partial charge >= 0.3 is 6.01 Å². The van der Waals surface area contributed by atoms with Crippen LogP contribution < -0.4 is 10.1 Å². The molecule has 1 aliphatic rings. The van der Waals surface area contributed by atoms with Crippen molar-refractivity contribution in [3.8, 4) is 17.1 Å². The number of hydrogen-bond acceptors (Lipinski definition) is 5. The third-order valence-electron chi connectivity index (χ3n) is 5.74. The van der Waals surface area contributed by atoms with Gasteiger partial charge in [-0.2, -0.15) is 0 Å². The van der Waals surface area contributed by atoms with E-state index >= 15 is 0 Å². The van der Waals surface area contributed by atoms with Crippen LogP contribution in [0.1, 0.15) is 47.7 Å². The maximum atomic E-state index is 14.7. The first-order valence-electron chi connectivity index (χ1n) is 10.9. The van der Waals surface area contributed by atoms with E-state index in [4.69, 9.17) is 4.74 Å². The summed E-state index contributed by atoms with van der Waals surface area (Å²) in [4.78, 5) is 25.0. The van der Waals surface area contributed by atoms with E-state index in [1.54, 1.807) is 0 Å². The number of ether oxygens (including phenoxy) is 1. The van der Waals surface area contributed by atoms with Gasteiger partial charge < -0.3 is 10.1 Å². The third-order valence-corrected chi connectivity index (χ3v) is 5.74. The van der Waals surface area contributed by atoms with Crippen LogP contribution in [0.2, 0.25) is 0 Å². The summed E-state index contributed by atoms with van der Waals surface area (Å²) >= 11 is 0. The summed E-state index contributed by atoms with van der Waals surface area (Å²) in [6.45, 7) is -0.977. The van der Waals surface area contributed by atoms with E-state index in [1.165, 1.54) is 12.3 Å². The van der Waals surface area contributed by atoms with Gasteiger partial charge in [0.05, 0.1) is 16.9 Å². The molecule has 0 bridgehead atoms. The SMILES string of the molecule is O=C(Nc1c(-c2cc(F)ccc2F)ccnc1C1CCC(F)(F)CC1)c1cnc(OCCF)nc1. The molecule has 0 unspecified atom stereocenters. The van der Waals surface area contributed by atoms with Gasteiger partial charge in [-0.25, -0.2) is 31.9 Å². The number of anilines is 1. The van der Waals surface area contributed by atoms with Crippen LogP contribution in [0.3, 0.4) is 0 Å². The first-order chi connectivity index (χ1) is 16.8. The highest BCUT2D eigenvalue weighted by Crippen LogP contribution is 2.44. The van der Waals surface area contributed by atoms with E-state index < -0.39 is 36.1 Å². The van der Waals surface area contributed by atoms with Crippen molar-refractivity contribution in [1.82, 2.24) is 15.0 Å². The van der Waals surface area contributed by atoms with Crippen LogP contribution in [0.5, 0.6) is 6.01 Å². The Hall–Kier alpha value is -3.63. The van der Waals surface area contributed by atoms with Crippen LogP contribution in [0.4, 0.5) is 27.6 Å². The first kappa shape index (κ1) is 24.5. The second-order valence-corrected chi connectivity index (χ2v) is 8.12. The van der Waals surface area contributed by atoms with E-state index in [-0.39, 0.29) is 60.7 Å². The second kappa shape index (κ2) is 10.3. The number of carbonyl (C=O) groups excluding carboxylic acids is 1. The first-order valence-corrected chi connectivity index (χ1v) is 10.9. The summed E-state index contributed by atoms with van der Waals surface area (Å²) in [7, 11) is 0. The Morgan fingerprint density at radius 2 is 1.77 bits per heavy atom. The van der Waals surface area contributed by atoms with Crippen molar-refractivity contribution in [2.45, 2.75) is 37.5 Å². The monoisotopic (exact) mass is 492 g/mol. The van der Waals surface area contributed by atoms with E-state index in [0.29, 0.717) is 5.69 Å². The molecular formula is C24H21F5N4O2. The minimum atomic E-state index is -2.78. The fourth-order valence-electron chi connectivity index (χ4n) is 3.98. The molecule has 4 rings (SSSR count). The lowest BCUT2D eigenvalue weighted by atomic mass is 9.83. The molecule has 184 valence electrons. The molecule has 1 amide bonds. The molecule has 2 aromatic heterocycles. The van der Waals surface area contributed by atoms with Gasteiger partial charge in [-0.3, -0.25) is 9.78 Å². The summed E-state index contributed by atoms with van der Waals surface area (Å²) in [5.41, 5.74) is 0.444. The third kappa shape index (κ3) is 5.72.